The second-order valence-corrected chi connectivity index (χ2v) is 10.7. The molecule has 0 aromatic carbocycles. The Morgan fingerprint density at radius 1 is 0.667 bits per heavy atom. The van der Waals surface area contributed by atoms with Crippen LogP contribution in [0.25, 0.3) is 0 Å². The molecule has 0 aliphatic carbocycles. The van der Waals surface area contributed by atoms with Gasteiger partial charge >= 0.3 is 11.9 Å². The van der Waals surface area contributed by atoms with Crippen LogP contribution in [0.5, 0.6) is 0 Å². The molecule has 2 N–H and O–H groups in total. The summed E-state index contributed by atoms with van der Waals surface area (Å²) in [6, 6.07) is 0. The highest BCUT2D eigenvalue weighted by molar-refractivity contribution is 5.80. The van der Waals surface area contributed by atoms with E-state index < -0.39 is 5.97 Å². The first kappa shape index (κ1) is 39.1. The molecule has 42 heavy (non-hydrogen) atoms. The highest BCUT2D eigenvalue weighted by atomic mass is 16.5. The number of carboxylic acid groups (broad SMARTS) is 1. The first-order valence-electron chi connectivity index (χ1n) is 16.4. The van der Waals surface area contributed by atoms with Gasteiger partial charge in [0.2, 0.25) is 5.91 Å². The van der Waals surface area contributed by atoms with E-state index in [9.17, 15) is 14.4 Å². The fourth-order valence-corrected chi connectivity index (χ4v) is 4.25. The fraction of sp³-hybridized carbons (Fsp3) is 0.639. The van der Waals surface area contributed by atoms with Gasteiger partial charge in [0.05, 0.1) is 0 Å². The molecule has 0 rings (SSSR count). The van der Waals surface area contributed by atoms with E-state index in [1.165, 1.54) is 19.3 Å². The molecule has 0 aromatic rings. The maximum atomic E-state index is 12.5. The fourth-order valence-electron chi connectivity index (χ4n) is 4.25. The molecule has 0 aromatic heterocycles. The summed E-state index contributed by atoms with van der Waals surface area (Å²) < 4.78 is 5.82. The predicted molar refractivity (Wildman–Crippen MR) is 175 cm³/mol. The highest BCUT2D eigenvalue weighted by Crippen LogP contribution is 2.14. The molecule has 1 amide bonds. The topological polar surface area (TPSA) is 92.7 Å². The number of nitrogens with one attached hydrogen (secondary N) is 1. The van der Waals surface area contributed by atoms with Crippen LogP contribution in [0.3, 0.4) is 0 Å². The second-order valence-electron chi connectivity index (χ2n) is 10.7. The number of aliphatic carboxylic acids is 1. The SMILES string of the molecule is CC/C=C\C/C=C\C/C=C\C(CCCCCCC(=O)NCC(=O)O)OC(=O)CCCCCCC/C=C\C/C=C\CCC. The van der Waals surface area contributed by atoms with E-state index in [-0.39, 0.29) is 24.5 Å². The summed E-state index contributed by atoms with van der Waals surface area (Å²) in [4.78, 5) is 34.7. The van der Waals surface area contributed by atoms with Gasteiger partial charge in [-0.3, -0.25) is 14.4 Å². The number of amides is 1. The van der Waals surface area contributed by atoms with E-state index in [4.69, 9.17) is 9.84 Å². The Labute approximate surface area is 256 Å². The van der Waals surface area contributed by atoms with Crippen molar-refractivity contribution in [2.45, 2.75) is 142 Å². The average Bonchev–Trinajstić information content (AvgIpc) is 2.97. The molecule has 0 radical (unpaired) electrons. The van der Waals surface area contributed by atoms with Crippen molar-refractivity contribution in [3.63, 3.8) is 0 Å². The van der Waals surface area contributed by atoms with E-state index in [1.54, 1.807) is 0 Å². The van der Waals surface area contributed by atoms with Gasteiger partial charge in [0.15, 0.2) is 0 Å². The molecule has 0 bridgehead atoms. The van der Waals surface area contributed by atoms with Crippen LogP contribution in [0.2, 0.25) is 0 Å². The number of hydrogen-bond donors (Lipinski definition) is 2. The largest absolute Gasteiger partial charge is 0.480 e. The van der Waals surface area contributed by atoms with Crippen molar-refractivity contribution in [3.05, 3.63) is 60.8 Å². The summed E-state index contributed by atoms with van der Waals surface area (Å²) in [5.41, 5.74) is 0. The van der Waals surface area contributed by atoms with Gasteiger partial charge in [0, 0.05) is 12.8 Å². The Hall–Kier alpha value is -2.89. The van der Waals surface area contributed by atoms with Crippen LogP contribution in [0.4, 0.5) is 0 Å². The molecule has 0 saturated heterocycles. The Morgan fingerprint density at radius 2 is 1.24 bits per heavy atom. The number of unbranched alkanes of at least 4 members (excludes halogenated alkanes) is 9. The third-order valence-corrected chi connectivity index (χ3v) is 6.64. The Morgan fingerprint density at radius 3 is 1.93 bits per heavy atom. The van der Waals surface area contributed by atoms with E-state index in [0.29, 0.717) is 12.8 Å². The zero-order valence-corrected chi connectivity index (χ0v) is 26.6. The molecule has 238 valence electrons. The third kappa shape index (κ3) is 30.1. The van der Waals surface area contributed by atoms with Crippen molar-refractivity contribution in [2.75, 3.05) is 6.54 Å². The molecule has 6 nitrogen and oxygen atoms in total. The van der Waals surface area contributed by atoms with Crippen LogP contribution >= 0.6 is 0 Å². The molecular formula is C36H59NO5. The molecule has 0 aliphatic heterocycles. The number of rotatable bonds is 28. The first-order chi connectivity index (χ1) is 20.5. The van der Waals surface area contributed by atoms with Gasteiger partial charge in [-0.05, 0) is 76.7 Å². The zero-order chi connectivity index (χ0) is 30.9. The number of carbonyl (C=O) groups excluding carboxylic acids is 2. The third-order valence-electron chi connectivity index (χ3n) is 6.64. The van der Waals surface area contributed by atoms with E-state index in [1.807, 2.05) is 6.08 Å². The normalized spacial score (nSPS) is 12.8. The number of carboxylic acids is 1. The number of hydrogen-bond acceptors (Lipinski definition) is 4. The van der Waals surface area contributed by atoms with E-state index >= 15 is 0 Å². The molecular weight excluding hydrogens is 526 g/mol. The summed E-state index contributed by atoms with van der Waals surface area (Å²) in [6.45, 7) is 3.98. The first-order valence-corrected chi connectivity index (χ1v) is 16.4. The Kier molecular flexibility index (Phi) is 28.9. The quantitative estimate of drug-likeness (QED) is 0.0542. The molecule has 1 unspecified atom stereocenters. The lowest BCUT2D eigenvalue weighted by Crippen LogP contribution is -2.28. The summed E-state index contributed by atoms with van der Waals surface area (Å²) in [7, 11) is 0. The van der Waals surface area contributed by atoms with Crippen molar-refractivity contribution >= 4 is 17.8 Å². The number of ether oxygens (including phenoxy) is 1. The van der Waals surface area contributed by atoms with Crippen molar-refractivity contribution in [1.82, 2.24) is 5.32 Å². The van der Waals surface area contributed by atoms with Crippen molar-refractivity contribution < 1.29 is 24.2 Å². The van der Waals surface area contributed by atoms with Gasteiger partial charge in [-0.1, -0.05) is 107 Å². The summed E-state index contributed by atoms with van der Waals surface area (Å²) in [6.07, 6.45) is 39.2. The van der Waals surface area contributed by atoms with Crippen molar-refractivity contribution in [1.29, 1.82) is 0 Å². The van der Waals surface area contributed by atoms with Gasteiger partial charge in [-0.2, -0.15) is 0 Å². The van der Waals surface area contributed by atoms with E-state index in [2.05, 4.69) is 73.8 Å². The number of allylic oxidation sites excluding steroid dienone is 9. The van der Waals surface area contributed by atoms with Crippen LogP contribution in [-0.2, 0) is 19.1 Å². The minimum atomic E-state index is -1.04. The molecule has 1 atom stereocenters. The number of carbonyl (C=O) groups is 3. The molecule has 0 saturated carbocycles. The minimum Gasteiger partial charge on any atom is -0.480 e. The van der Waals surface area contributed by atoms with Crippen LogP contribution in [-0.4, -0.2) is 35.6 Å². The smallest absolute Gasteiger partial charge is 0.322 e. The van der Waals surface area contributed by atoms with E-state index in [0.717, 1.165) is 89.9 Å². The lowest BCUT2D eigenvalue weighted by molar-refractivity contribution is -0.147. The molecule has 0 heterocycles. The maximum Gasteiger partial charge on any atom is 0.322 e. The predicted octanol–water partition coefficient (Wildman–Crippen LogP) is 9.33. The Balaban J connectivity index is 4.30. The molecule has 0 spiro atoms. The molecule has 0 aliphatic rings. The maximum absolute atomic E-state index is 12.5. The van der Waals surface area contributed by atoms with Gasteiger partial charge in [0.25, 0.3) is 0 Å². The van der Waals surface area contributed by atoms with Gasteiger partial charge in [-0.15, -0.1) is 0 Å². The van der Waals surface area contributed by atoms with Gasteiger partial charge in [0.1, 0.15) is 12.6 Å². The standard InChI is InChI=1S/C36H59NO5/c1-3-5-7-9-11-13-14-15-16-17-19-21-27-31-36(41)42-33(28-24-20-18-12-10-8-6-4-2)29-25-22-23-26-30-34(38)37-32-35(39)40/h6-9,12-14,18,24,28,33H,3-5,10-11,15-17,19-23,25-27,29-32H2,1-2H3,(H,37,38)(H,39,40)/b8-6-,9-7-,14-13-,18-12-,28-24-. The highest BCUT2D eigenvalue weighted by Gasteiger charge is 2.11. The van der Waals surface area contributed by atoms with Crippen LogP contribution in [0, 0.1) is 0 Å². The summed E-state index contributed by atoms with van der Waals surface area (Å²) in [5, 5.41) is 11.0. The van der Waals surface area contributed by atoms with Crippen molar-refractivity contribution in [2.24, 2.45) is 0 Å². The van der Waals surface area contributed by atoms with Gasteiger partial charge < -0.3 is 15.2 Å². The van der Waals surface area contributed by atoms with Crippen LogP contribution < -0.4 is 5.32 Å². The van der Waals surface area contributed by atoms with Crippen LogP contribution in [0.1, 0.15) is 136 Å². The number of esters is 1. The average molecular weight is 586 g/mol. The van der Waals surface area contributed by atoms with Gasteiger partial charge in [-0.25, -0.2) is 0 Å². The minimum absolute atomic E-state index is 0.126. The lowest BCUT2D eigenvalue weighted by atomic mass is 10.1. The lowest BCUT2D eigenvalue weighted by Gasteiger charge is -2.14. The monoisotopic (exact) mass is 585 g/mol. The van der Waals surface area contributed by atoms with Crippen molar-refractivity contribution in [3.8, 4) is 0 Å². The second kappa shape index (κ2) is 31.1. The molecule has 0 fully saturated rings. The summed E-state index contributed by atoms with van der Waals surface area (Å²) >= 11 is 0. The summed E-state index contributed by atoms with van der Waals surface area (Å²) in [5.74, 6) is -1.39. The van der Waals surface area contributed by atoms with Crippen LogP contribution in [0.15, 0.2) is 60.8 Å². The Bertz CT molecular complexity index is 825. The zero-order valence-electron chi connectivity index (χ0n) is 26.6. The molecule has 6 heteroatoms.